The first kappa shape index (κ1) is 16.6. The number of anilines is 1. The van der Waals surface area contributed by atoms with E-state index >= 15 is 0 Å². The molecule has 1 aromatic rings. The summed E-state index contributed by atoms with van der Waals surface area (Å²) in [7, 11) is 1.62. The number of methoxy groups -OCH3 is 1. The summed E-state index contributed by atoms with van der Waals surface area (Å²) in [6.07, 6.45) is 4.60. The summed E-state index contributed by atoms with van der Waals surface area (Å²) in [5, 5.41) is 5.84. The molecule has 0 saturated heterocycles. The third kappa shape index (κ3) is 4.63. The molecule has 1 aliphatic rings. The molecule has 0 aromatic heterocycles. The van der Waals surface area contributed by atoms with E-state index in [9.17, 15) is 4.79 Å². The lowest BCUT2D eigenvalue weighted by Crippen LogP contribution is -2.44. The highest BCUT2D eigenvalue weighted by Gasteiger charge is 2.36. The number of carbonyl (C=O) groups excluding carboxylic acids is 1. The van der Waals surface area contributed by atoms with Crippen LogP contribution in [0.5, 0.6) is 5.75 Å². The third-order valence-electron chi connectivity index (χ3n) is 4.37. The Morgan fingerprint density at radius 3 is 2.55 bits per heavy atom. The molecule has 22 heavy (non-hydrogen) atoms. The van der Waals surface area contributed by atoms with E-state index in [1.54, 1.807) is 7.11 Å². The van der Waals surface area contributed by atoms with Gasteiger partial charge in [0.1, 0.15) is 5.75 Å². The van der Waals surface area contributed by atoms with Gasteiger partial charge in [-0.25, -0.2) is 4.79 Å². The summed E-state index contributed by atoms with van der Waals surface area (Å²) in [6, 6.07) is 7.14. The van der Waals surface area contributed by atoms with Gasteiger partial charge in [0.2, 0.25) is 0 Å². The van der Waals surface area contributed by atoms with Crippen molar-refractivity contribution in [1.29, 1.82) is 0 Å². The number of hydrogen-bond acceptors (Lipinski definition) is 3. The van der Waals surface area contributed by atoms with E-state index in [2.05, 4.69) is 10.6 Å². The molecule has 1 fully saturated rings. The summed E-state index contributed by atoms with van der Waals surface area (Å²) >= 11 is 0. The van der Waals surface area contributed by atoms with Gasteiger partial charge >= 0.3 is 6.03 Å². The second-order valence-electron chi connectivity index (χ2n) is 5.84. The van der Waals surface area contributed by atoms with Crippen molar-refractivity contribution in [3.63, 3.8) is 0 Å². The number of ether oxygens (including phenoxy) is 2. The van der Waals surface area contributed by atoms with Crippen LogP contribution >= 0.6 is 0 Å². The van der Waals surface area contributed by atoms with Gasteiger partial charge < -0.3 is 20.1 Å². The summed E-state index contributed by atoms with van der Waals surface area (Å²) < 4.78 is 10.5. The Morgan fingerprint density at radius 1 is 1.27 bits per heavy atom. The van der Waals surface area contributed by atoms with Crippen LogP contribution in [0.3, 0.4) is 0 Å². The zero-order chi connectivity index (χ0) is 15.8. The Morgan fingerprint density at radius 2 is 2.00 bits per heavy atom. The lowest BCUT2D eigenvalue weighted by atomic mass is 9.67. The van der Waals surface area contributed by atoms with Crippen LogP contribution in [0.25, 0.3) is 0 Å². The highest BCUT2D eigenvalue weighted by Crippen LogP contribution is 2.43. The Labute approximate surface area is 132 Å². The molecule has 5 nitrogen and oxygen atoms in total. The fourth-order valence-electron chi connectivity index (χ4n) is 2.74. The number of hydrogen-bond donors (Lipinski definition) is 2. The fraction of sp³-hybridized carbons (Fsp3) is 0.588. The van der Waals surface area contributed by atoms with Crippen molar-refractivity contribution in [3.8, 4) is 5.75 Å². The number of rotatable bonds is 8. The quantitative estimate of drug-likeness (QED) is 0.724. The molecular formula is C17H26N2O3. The molecule has 1 saturated carbocycles. The zero-order valence-corrected chi connectivity index (χ0v) is 13.5. The average Bonchev–Trinajstić information content (AvgIpc) is 2.50. The molecule has 0 bridgehead atoms. The van der Waals surface area contributed by atoms with Gasteiger partial charge in [-0.05, 0) is 55.9 Å². The van der Waals surface area contributed by atoms with Crippen molar-refractivity contribution in [2.24, 2.45) is 5.41 Å². The molecule has 0 radical (unpaired) electrons. The number of carbonyl (C=O) groups is 1. The normalized spacial score (nSPS) is 15.7. The van der Waals surface area contributed by atoms with Gasteiger partial charge in [-0.1, -0.05) is 6.42 Å². The van der Waals surface area contributed by atoms with Crippen LogP contribution in [0.15, 0.2) is 24.3 Å². The largest absolute Gasteiger partial charge is 0.497 e. The maximum absolute atomic E-state index is 12.0. The van der Waals surface area contributed by atoms with Crippen molar-refractivity contribution in [1.82, 2.24) is 5.32 Å². The minimum Gasteiger partial charge on any atom is -0.497 e. The molecule has 0 spiro atoms. The highest BCUT2D eigenvalue weighted by molar-refractivity contribution is 5.89. The van der Waals surface area contributed by atoms with Gasteiger partial charge in [-0.2, -0.15) is 0 Å². The average molecular weight is 306 g/mol. The standard InChI is InChI=1S/C17H26N2O3/c1-3-22-12-11-17(9-4-10-17)13-18-16(20)19-14-5-7-15(21-2)8-6-14/h5-8H,3-4,9-13H2,1-2H3,(H2,18,19,20). The maximum atomic E-state index is 12.0. The summed E-state index contributed by atoms with van der Waals surface area (Å²) in [5.74, 6) is 0.773. The fourth-order valence-corrected chi connectivity index (χ4v) is 2.74. The lowest BCUT2D eigenvalue weighted by Gasteiger charge is -2.42. The first-order chi connectivity index (χ1) is 10.7. The van der Waals surface area contributed by atoms with Crippen LogP contribution in [0.1, 0.15) is 32.6 Å². The molecule has 1 aliphatic carbocycles. The van der Waals surface area contributed by atoms with E-state index < -0.39 is 0 Å². The first-order valence-electron chi connectivity index (χ1n) is 7.94. The maximum Gasteiger partial charge on any atom is 0.319 e. The van der Waals surface area contributed by atoms with E-state index in [0.717, 1.165) is 31.1 Å². The molecule has 2 amide bonds. The molecule has 0 heterocycles. The molecule has 0 atom stereocenters. The Kier molecular flexibility index (Phi) is 6.07. The van der Waals surface area contributed by atoms with E-state index in [0.29, 0.717) is 6.54 Å². The molecular weight excluding hydrogens is 280 g/mol. The van der Waals surface area contributed by atoms with Crippen LogP contribution in [0.4, 0.5) is 10.5 Å². The van der Waals surface area contributed by atoms with Gasteiger partial charge in [0.25, 0.3) is 0 Å². The van der Waals surface area contributed by atoms with Gasteiger partial charge in [0, 0.05) is 25.4 Å². The molecule has 5 heteroatoms. The number of benzene rings is 1. The zero-order valence-electron chi connectivity index (χ0n) is 13.5. The smallest absolute Gasteiger partial charge is 0.319 e. The van der Waals surface area contributed by atoms with E-state index in [1.807, 2.05) is 31.2 Å². The third-order valence-corrected chi connectivity index (χ3v) is 4.37. The molecule has 0 unspecified atom stereocenters. The van der Waals surface area contributed by atoms with E-state index in [1.165, 1.54) is 19.3 Å². The van der Waals surface area contributed by atoms with Crippen LogP contribution in [0, 0.1) is 5.41 Å². The minimum absolute atomic E-state index is 0.159. The Hall–Kier alpha value is -1.75. The molecule has 0 aliphatic heterocycles. The predicted molar refractivity (Wildman–Crippen MR) is 87.4 cm³/mol. The topological polar surface area (TPSA) is 59.6 Å². The van der Waals surface area contributed by atoms with Crippen molar-refractivity contribution in [3.05, 3.63) is 24.3 Å². The van der Waals surface area contributed by atoms with Crippen LogP contribution < -0.4 is 15.4 Å². The van der Waals surface area contributed by atoms with E-state index in [4.69, 9.17) is 9.47 Å². The van der Waals surface area contributed by atoms with Crippen LogP contribution in [0.2, 0.25) is 0 Å². The van der Waals surface area contributed by atoms with Crippen molar-refractivity contribution >= 4 is 11.7 Å². The second kappa shape index (κ2) is 8.03. The predicted octanol–water partition coefficient (Wildman–Crippen LogP) is 3.41. The number of urea groups is 1. The van der Waals surface area contributed by atoms with Crippen molar-refractivity contribution < 1.29 is 14.3 Å². The molecule has 1 aromatic carbocycles. The van der Waals surface area contributed by atoms with Gasteiger partial charge in [0.05, 0.1) is 7.11 Å². The summed E-state index contributed by atoms with van der Waals surface area (Å²) in [5.41, 5.74) is 0.988. The molecule has 2 N–H and O–H groups in total. The van der Waals surface area contributed by atoms with Crippen LogP contribution in [-0.4, -0.2) is 32.9 Å². The minimum atomic E-state index is -0.159. The molecule has 122 valence electrons. The SMILES string of the molecule is CCOCCC1(CNC(=O)Nc2ccc(OC)cc2)CCC1. The van der Waals surface area contributed by atoms with Gasteiger partial charge in [0.15, 0.2) is 0 Å². The van der Waals surface area contributed by atoms with Crippen LogP contribution in [-0.2, 0) is 4.74 Å². The monoisotopic (exact) mass is 306 g/mol. The lowest BCUT2D eigenvalue weighted by molar-refractivity contribution is 0.0561. The summed E-state index contributed by atoms with van der Waals surface area (Å²) in [6.45, 7) is 4.25. The molecule has 2 rings (SSSR count). The Balaban J connectivity index is 1.76. The van der Waals surface area contributed by atoms with Gasteiger partial charge in [-0.3, -0.25) is 0 Å². The van der Waals surface area contributed by atoms with Crippen molar-refractivity contribution in [2.45, 2.75) is 32.6 Å². The van der Waals surface area contributed by atoms with Crippen molar-refractivity contribution in [2.75, 3.05) is 32.2 Å². The first-order valence-corrected chi connectivity index (χ1v) is 7.94. The van der Waals surface area contributed by atoms with E-state index in [-0.39, 0.29) is 11.4 Å². The van der Waals surface area contributed by atoms with Gasteiger partial charge in [-0.15, -0.1) is 0 Å². The highest BCUT2D eigenvalue weighted by atomic mass is 16.5. The second-order valence-corrected chi connectivity index (χ2v) is 5.84. The number of amides is 2. The Bertz CT molecular complexity index is 469. The summed E-state index contributed by atoms with van der Waals surface area (Å²) in [4.78, 5) is 12.0. The number of nitrogens with one attached hydrogen (secondary N) is 2.